The van der Waals surface area contributed by atoms with Gasteiger partial charge < -0.3 is 15.2 Å². The Morgan fingerprint density at radius 1 is 1.25 bits per heavy atom. The van der Waals surface area contributed by atoms with Crippen LogP contribution in [0.25, 0.3) is 0 Å². The Balaban J connectivity index is 3.15. The summed E-state index contributed by atoms with van der Waals surface area (Å²) in [7, 11) is 0. The van der Waals surface area contributed by atoms with Gasteiger partial charge in [-0.3, -0.25) is 0 Å². The molecule has 6 nitrogen and oxygen atoms in total. The average molecular weight is 281 g/mol. The zero-order chi connectivity index (χ0) is 15.2. The highest BCUT2D eigenvalue weighted by atomic mass is 16.5. The molecule has 0 aliphatic carbocycles. The molecule has 1 heterocycles. The van der Waals surface area contributed by atoms with Crippen molar-refractivity contribution >= 4 is 11.8 Å². The minimum Gasteiger partial charge on any atom is -0.462 e. The third kappa shape index (κ3) is 3.25. The molecule has 0 aromatic carbocycles. The van der Waals surface area contributed by atoms with Crippen molar-refractivity contribution in [2.45, 2.75) is 46.1 Å². The summed E-state index contributed by atoms with van der Waals surface area (Å²) in [5, 5.41) is 0. The van der Waals surface area contributed by atoms with Gasteiger partial charge in [-0.15, -0.1) is 0 Å². The number of nitrogen functional groups attached to an aromatic ring is 1. The Morgan fingerprint density at radius 3 is 2.35 bits per heavy atom. The van der Waals surface area contributed by atoms with Gasteiger partial charge in [0.2, 0.25) is 0 Å². The summed E-state index contributed by atoms with van der Waals surface area (Å²) < 4.78 is 10.7. The molecule has 0 saturated carbocycles. The lowest BCUT2D eigenvalue weighted by molar-refractivity contribution is -0.0571. The van der Waals surface area contributed by atoms with Crippen LogP contribution < -0.4 is 5.73 Å². The van der Waals surface area contributed by atoms with Crippen molar-refractivity contribution in [2.24, 2.45) is 0 Å². The van der Waals surface area contributed by atoms with Gasteiger partial charge in [0.05, 0.1) is 6.61 Å². The van der Waals surface area contributed by atoms with Crippen molar-refractivity contribution in [2.75, 3.05) is 18.9 Å². The van der Waals surface area contributed by atoms with E-state index in [1.807, 2.05) is 20.8 Å². The number of hydrogen-bond acceptors (Lipinski definition) is 6. The molecular formula is C14H23N3O3. The van der Waals surface area contributed by atoms with Crippen LogP contribution in [0.1, 0.15) is 56.7 Å². The zero-order valence-electron chi connectivity index (χ0n) is 12.6. The van der Waals surface area contributed by atoms with E-state index >= 15 is 0 Å². The second-order valence-electron chi connectivity index (χ2n) is 4.35. The van der Waals surface area contributed by atoms with Crippen LogP contribution in [0.15, 0.2) is 6.20 Å². The summed E-state index contributed by atoms with van der Waals surface area (Å²) in [6.45, 7) is 8.53. The first-order chi connectivity index (χ1) is 9.54. The van der Waals surface area contributed by atoms with Crippen LogP contribution in [0.3, 0.4) is 0 Å². The second kappa shape index (κ2) is 7.19. The van der Waals surface area contributed by atoms with Crippen molar-refractivity contribution in [3.05, 3.63) is 17.6 Å². The molecule has 0 amide bonds. The zero-order valence-corrected chi connectivity index (χ0v) is 12.6. The molecule has 0 saturated heterocycles. The van der Waals surface area contributed by atoms with Crippen molar-refractivity contribution in [1.82, 2.24) is 9.97 Å². The molecule has 1 rings (SSSR count). The summed E-state index contributed by atoms with van der Waals surface area (Å²) in [5.41, 5.74) is 5.48. The van der Waals surface area contributed by atoms with Gasteiger partial charge in [-0.2, -0.15) is 0 Å². The van der Waals surface area contributed by atoms with Gasteiger partial charge in [-0.1, -0.05) is 13.8 Å². The lowest BCUT2D eigenvalue weighted by Gasteiger charge is -2.30. The molecule has 0 unspecified atom stereocenters. The van der Waals surface area contributed by atoms with Crippen molar-refractivity contribution < 1.29 is 14.3 Å². The molecule has 20 heavy (non-hydrogen) atoms. The smallest absolute Gasteiger partial charge is 0.343 e. The molecule has 2 N–H and O–H groups in total. The van der Waals surface area contributed by atoms with Crippen LogP contribution >= 0.6 is 0 Å². The second-order valence-corrected chi connectivity index (χ2v) is 4.35. The Morgan fingerprint density at radius 2 is 1.90 bits per heavy atom. The Kier molecular flexibility index (Phi) is 5.88. The van der Waals surface area contributed by atoms with E-state index in [-0.39, 0.29) is 18.0 Å². The number of ether oxygens (including phenoxy) is 2. The Bertz CT molecular complexity index is 459. The fourth-order valence-corrected chi connectivity index (χ4v) is 2.09. The van der Waals surface area contributed by atoms with Gasteiger partial charge in [0, 0.05) is 12.8 Å². The molecule has 0 bridgehead atoms. The van der Waals surface area contributed by atoms with Gasteiger partial charge >= 0.3 is 5.97 Å². The van der Waals surface area contributed by atoms with Crippen molar-refractivity contribution in [3.8, 4) is 0 Å². The average Bonchev–Trinajstić information content (AvgIpc) is 2.45. The fraction of sp³-hybridized carbons (Fsp3) is 0.643. The number of carbonyl (C=O) groups excluding carboxylic acids is 1. The molecular weight excluding hydrogens is 258 g/mol. The highest BCUT2D eigenvalue weighted by Crippen LogP contribution is 2.31. The lowest BCUT2D eigenvalue weighted by atomic mass is 9.95. The molecule has 1 aromatic heterocycles. The van der Waals surface area contributed by atoms with Crippen LogP contribution in [0, 0.1) is 0 Å². The van der Waals surface area contributed by atoms with Crippen LogP contribution in [0.2, 0.25) is 0 Å². The quantitative estimate of drug-likeness (QED) is 0.771. The van der Waals surface area contributed by atoms with Crippen LogP contribution in [0.4, 0.5) is 5.82 Å². The summed E-state index contributed by atoms with van der Waals surface area (Å²) in [6.07, 6.45) is 2.87. The summed E-state index contributed by atoms with van der Waals surface area (Å²) in [6, 6.07) is 0. The molecule has 0 fully saturated rings. The maximum absolute atomic E-state index is 11.7. The lowest BCUT2D eigenvalue weighted by Crippen LogP contribution is -2.31. The third-order valence-electron chi connectivity index (χ3n) is 3.28. The standard InChI is InChI=1S/C14H23N3O3/c1-5-14(6-2,20-8-4)13-16-9-10(11(15)17-13)12(18)19-7-3/h9H,5-8H2,1-4H3,(H2,15,16,17). The van der Waals surface area contributed by atoms with Crippen LogP contribution in [-0.2, 0) is 15.1 Å². The fourth-order valence-electron chi connectivity index (χ4n) is 2.09. The molecule has 0 spiro atoms. The van der Waals surface area contributed by atoms with E-state index in [1.54, 1.807) is 6.92 Å². The molecule has 112 valence electrons. The monoisotopic (exact) mass is 281 g/mol. The minimum absolute atomic E-state index is 0.124. The first-order valence-electron chi connectivity index (χ1n) is 6.98. The highest BCUT2D eigenvalue weighted by Gasteiger charge is 2.33. The van der Waals surface area contributed by atoms with Crippen molar-refractivity contribution in [3.63, 3.8) is 0 Å². The van der Waals surface area contributed by atoms with Gasteiger partial charge in [-0.25, -0.2) is 14.8 Å². The number of rotatable bonds is 7. The number of aromatic nitrogens is 2. The maximum atomic E-state index is 11.7. The molecule has 1 aromatic rings. The predicted molar refractivity (Wildman–Crippen MR) is 76.3 cm³/mol. The van der Waals surface area contributed by atoms with E-state index in [4.69, 9.17) is 15.2 Å². The number of hydrogen-bond donors (Lipinski definition) is 1. The van der Waals surface area contributed by atoms with E-state index in [9.17, 15) is 4.79 Å². The topological polar surface area (TPSA) is 87.3 Å². The van der Waals surface area contributed by atoms with Gasteiger partial charge in [0.1, 0.15) is 17.0 Å². The molecule has 0 aliphatic rings. The van der Waals surface area contributed by atoms with Crippen LogP contribution in [0.5, 0.6) is 0 Å². The summed E-state index contributed by atoms with van der Waals surface area (Å²) in [5.74, 6) is 0.126. The normalized spacial score (nSPS) is 11.4. The van der Waals surface area contributed by atoms with Crippen molar-refractivity contribution in [1.29, 1.82) is 0 Å². The molecule has 6 heteroatoms. The third-order valence-corrected chi connectivity index (χ3v) is 3.28. The highest BCUT2D eigenvalue weighted by molar-refractivity contribution is 5.93. The van der Waals surface area contributed by atoms with Gasteiger partial charge in [0.15, 0.2) is 5.82 Å². The number of nitrogens with two attached hydrogens (primary N) is 1. The van der Waals surface area contributed by atoms with E-state index < -0.39 is 11.6 Å². The summed E-state index contributed by atoms with van der Waals surface area (Å²) in [4.78, 5) is 20.2. The largest absolute Gasteiger partial charge is 0.462 e. The van der Waals surface area contributed by atoms with Gasteiger partial charge in [0.25, 0.3) is 0 Å². The van der Waals surface area contributed by atoms with Gasteiger partial charge in [-0.05, 0) is 26.7 Å². The minimum atomic E-state index is -0.559. The molecule has 0 radical (unpaired) electrons. The van der Waals surface area contributed by atoms with E-state index in [2.05, 4.69) is 9.97 Å². The Hall–Kier alpha value is -1.69. The first kappa shape index (κ1) is 16.4. The van der Waals surface area contributed by atoms with E-state index in [0.29, 0.717) is 12.4 Å². The summed E-state index contributed by atoms with van der Waals surface area (Å²) >= 11 is 0. The number of esters is 1. The number of carbonyl (C=O) groups is 1. The first-order valence-corrected chi connectivity index (χ1v) is 6.98. The van der Waals surface area contributed by atoms with E-state index in [1.165, 1.54) is 6.20 Å². The molecule has 0 atom stereocenters. The number of anilines is 1. The molecule has 0 aliphatic heterocycles. The van der Waals surface area contributed by atoms with E-state index in [0.717, 1.165) is 12.8 Å². The predicted octanol–water partition coefficient (Wildman–Crippen LogP) is 2.29. The Labute approximate surface area is 119 Å². The van der Waals surface area contributed by atoms with Crippen LogP contribution in [-0.4, -0.2) is 29.2 Å². The number of nitrogens with zero attached hydrogens (tertiary/aromatic N) is 2. The SMILES string of the molecule is CCOC(=O)c1cnc(C(CC)(CC)OCC)nc1N. The maximum Gasteiger partial charge on any atom is 0.343 e.